The lowest BCUT2D eigenvalue weighted by Gasteiger charge is -2.20. The van der Waals surface area contributed by atoms with Crippen LogP contribution in [-0.2, 0) is 6.42 Å². The molecule has 0 spiro atoms. The summed E-state index contributed by atoms with van der Waals surface area (Å²) in [5.74, 6) is 0.545. The number of hydrogen-bond donors (Lipinski definition) is 2. The van der Waals surface area contributed by atoms with E-state index in [0.717, 1.165) is 29.6 Å². The van der Waals surface area contributed by atoms with E-state index in [1.807, 2.05) is 12.3 Å². The fourth-order valence-electron chi connectivity index (χ4n) is 3.13. The Hall–Kier alpha value is -3.84. The van der Waals surface area contributed by atoms with Gasteiger partial charge in [0.1, 0.15) is 11.8 Å². The molecule has 4 aromatic heterocycles. The molecule has 10 nitrogen and oxygen atoms in total. The molecular weight excluding hydrogens is 394 g/mol. The van der Waals surface area contributed by atoms with Crippen LogP contribution in [-0.4, -0.2) is 52.0 Å². The van der Waals surface area contributed by atoms with Crippen molar-refractivity contribution in [3.8, 4) is 17.6 Å². The number of pyridine rings is 2. The Labute approximate surface area is 179 Å². The van der Waals surface area contributed by atoms with Gasteiger partial charge in [0, 0.05) is 24.2 Å². The SMILES string of the molecule is CCCc1cn(-c2cnc(-n3ncc4cc(C#N)cnc43)cc2NCC(C)(C)O)nn1. The van der Waals surface area contributed by atoms with Crippen LogP contribution in [0.25, 0.3) is 22.5 Å². The van der Waals surface area contributed by atoms with Crippen LogP contribution in [0.2, 0.25) is 0 Å². The highest BCUT2D eigenvalue weighted by atomic mass is 16.3. The van der Waals surface area contributed by atoms with Gasteiger partial charge >= 0.3 is 0 Å². The van der Waals surface area contributed by atoms with Gasteiger partial charge in [0.25, 0.3) is 0 Å². The summed E-state index contributed by atoms with van der Waals surface area (Å²) in [5.41, 5.74) is 2.48. The smallest absolute Gasteiger partial charge is 0.164 e. The van der Waals surface area contributed by atoms with Gasteiger partial charge in [-0.2, -0.15) is 15.0 Å². The summed E-state index contributed by atoms with van der Waals surface area (Å²) >= 11 is 0. The van der Waals surface area contributed by atoms with E-state index >= 15 is 0 Å². The second-order valence-corrected chi connectivity index (χ2v) is 7.94. The second-order valence-electron chi connectivity index (χ2n) is 7.94. The second kappa shape index (κ2) is 8.12. The van der Waals surface area contributed by atoms with Crippen LogP contribution in [0.1, 0.15) is 38.4 Å². The Morgan fingerprint density at radius 3 is 2.77 bits per heavy atom. The number of anilines is 1. The van der Waals surface area contributed by atoms with Gasteiger partial charge < -0.3 is 10.4 Å². The first-order valence-corrected chi connectivity index (χ1v) is 10.00. The van der Waals surface area contributed by atoms with Crippen molar-refractivity contribution >= 4 is 16.7 Å². The van der Waals surface area contributed by atoms with Gasteiger partial charge in [-0.05, 0) is 26.3 Å². The minimum absolute atomic E-state index is 0.323. The standard InChI is InChI=1S/C21H23N9O/c1-4-5-16-12-29(28-27-16)18-11-23-19(7-17(18)25-13-21(2,3)31)30-20-15(10-26-30)6-14(8-22)9-24-20/h6-7,9-12,31H,4-5,13H2,1-3H3,(H,23,25). The molecule has 0 saturated carbocycles. The van der Waals surface area contributed by atoms with E-state index in [9.17, 15) is 5.11 Å². The van der Waals surface area contributed by atoms with Crippen molar-refractivity contribution in [2.45, 2.75) is 39.2 Å². The first-order valence-electron chi connectivity index (χ1n) is 10.00. The number of nitriles is 1. The number of rotatable bonds is 7. The summed E-state index contributed by atoms with van der Waals surface area (Å²) in [5, 5.41) is 36.1. The maximum atomic E-state index is 10.2. The Kier molecular flexibility index (Phi) is 5.35. The van der Waals surface area contributed by atoms with Crippen molar-refractivity contribution in [3.63, 3.8) is 0 Å². The highest BCUT2D eigenvalue weighted by Gasteiger charge is 2.17. The highest BCUT2D eigenvalue weighted by Crippen LogP contribution is 2.24. The maximum absolute atomic E-state index is 10.2. The topological polar surface area (TPSA) is 130 Å². The molecule has 4 heterocycles. The molecule has 0 aliphatic carbocycles. The molecule has 0 fully saturated rings. The zero-order valence-electron chi connectivity index (χ0n) is 17.6. The van der Waals surface area contributed by atoms with Crippen LogP contribution < -0.4 is 5.32 Å². The van der Waals surface area contributed by atoms with Crippen molar-refractivity contribution in [1.29, 1.82) is 5.26 Å². The molecular formula is C21H23N9O. The first-order chi connectivity index (χ1) is 14.9. The molecule has 10 heteroatoms. The molecule has 4 rings (SSSR count). The lowest BCUT2D eigenvalue weighted by Crippen LogP contribution is -2.29. The quantitative estimate of drug-likeness (QED) is 0.469. The van der Waals surface area contributed by atoms with E-state index < -0.39 is 5.60 Å². The normalized spacial score (nSPS) is 11.6. The third kappa shape index (κ3) is 4.36. The van der Waals surface area contributed by atoms with Crippen molar-refractivity contribution < 1.29 is 5.11 Å². The van der Waals surface area contributed by atoms with Gasteiger partial charge in [0.15, 0.2) is 11.5 Å². The van der Waals surface area contributed by atoms with Gasteiger partial charge in [-0.1, -0.05) is 18.6 Å². The van der Waals surface area contributed by atoms with E-state index in [0.29, 0.717) is 29.3 Å². The van der Waals surface area contributed by atoms with E-state index in [1.165, 1.54) is 6.20 Å². The summed E-state index contributed by atoms with van der Waals surface area (Å²) < 4.78 is 3.28. The molecule has 0 saturated heterocycles. The summed E-state index contributed by atoms with van der Waals surface area (Å²) in [6.07, 6.45) is 8.54. The number of nitrogens with zero attached hydrogens (tertiary/aromatic N) is 8. The molecule has 0 aromatic carbocycles. The average molecular weight is 417 g/mol. The van der Waals surface area contributed by atoms with E-state index in [1.54, 1.807) is 41.7 Å². The molecule has 4 aromatic rings. The Morgan fingerprint density at radius 1 is 1.19 bits per heavy atom. The number of aliphatic hydroxyl groups is 1. The molecule has 2 N–H and O–H groups in total. The minimum Gasteiger partial charge on any atom is -0.389 e. The zero-order valence-corrected chi connectivity index (χ0v) is 17.6. The molecule has 0 aliphatic heterocycles. The number of fused-ring (bicyclic) bond motifs is 1. The van der Waals surface area contributed by atoms with Gasteiger partial charge in [0.2, 0.25) is 0 Å². The van der Waals surface area contributed by atoms with Gasteiger partial charge in [0.05, 0.1) is 41.1 Å². The predicted molar refractivity (Wildman–Crippen MR) is 115 cm³/mol. The molecule has 0 aliphatic rings. The van der Waals surface area contributed by atoms with Crippen LogP contribution in [0.4, 0.5) is 5.69 Å². The molecule has 31 heavy (non-hydrogen) atoms. The number of nitrogens with one attached hydrogen (secondary N) is 1. The summed E-state index contributed by atoms with van der Waals surface area (Å²) in [4.78, 5) is 8.91. The first kappa shape index (κ1) is 20.4. The van der Waals surface area contributed by atoms with Gasteiger partial charge in [-0.15, -0.1) is 5.10 Å². The van der Waals surface area contributed by atoms with Crippen LogP contribution in [0, 0.1) is 11.3 Å². The molecule has 158 valence electrons. The van der Waals surface area contributed by atoms with E-state index in [2.05, 4.69) is 43.7 Å². The number of hydrogen-bond acceptors (Lipinski definition) is 8. The van der Waals surface area contributed by atoms with Crippen LogP contribution in [0.3, 0.4) is 0 Å². The Balaban J connectivity index is 1.77. The summed E-state index contributed by atoms with van der Waals surface area (Å²) in [7, 11) is 0. The van der Waals surface area contributed by atoms with Gasteiger partial charge in [-0.3, -0.25) is 0 Å². The fraction of sp³-hybridized carbons (Fsp3) is 0.333. The van der Waals surface area contributed by atoms with Crippen LogP contribution >= 0.6 is 0 Å². The molecule has 0 atom stereocenters. The zero-order chi connectivity index (χ0) is 22.0. The Morgan fingerprint density at radius 2 is 2.03 bits per heavy atom. The van der Waals surface area contributed by atoms with Crippen LogP contribution in [0.5, 0.6) is 0 Å². The van der Waals surface area contributed by atoms with Crippen molar-refractivity contribution in [1.82, 2.24) is 34.7 Å². The summed E-state index contributed by atoms with van der Waals surface area (Å²) in [6, 6.07) is 5.64. The van der Waals surface area contributed by atoms with Crippen molar-refractivity contribution in [3.05, 3.63) is 48.2 Å². The lowest BCUT2D eigenvalue weighted by molar-refractivity contribution is 0.0945. The third-order valence-corrected chi connectivity index (χ3v) is 4.63. The molecule has 0 bridgehead atoms. The largest absolute Gasteiger partial charge is 0.389 e. The maximum Gasteiger partial charge on any atom is 0.164 e. The van der Waals surface area contributed by atoms with E-state index in [-0.39, 0.29) is 0 Å². The molecule has 0 unspecified atom stereocenters. The Bertz CT molecular complexity index is 1260. The number of aromatic nitrogens is 7. The molecule has 0 amide bonds. The lowest BCUT2D eigenvalue weighted by atomic mass is 10.1. The van der Waals surface area contributed by atoms with Crippen molar-refractivity contribution in [2.24, 2.45) is 0 Å². The van der Waals surface area contributed by atoms with Crippen molar-refractivity contribution in [2.75, 3.05) is 11.9 Å². The third-order valence-electron chi connectivity index (χ3n) is 4.63. The number of aryl methyl sites for hydroxylation is 1. The van der Waals surface area contributed by atoms with Gasteiger partial charge in [-0.25, -0.2) is 14.6 Å². The predicted octanol–water partition coefficient (Wildman–Crippen LogP) is 2.40. The monoisotopic (exact) mass is 417 g/mol. The minimum atomic E-state index is -0.913. The van der Waals surface area contributed by atoms with Crippen LogP contribution in [0.15, 0.2) is 36.9 Å². The molecule has 0 radical (unpaired) electrons. The van der Waals surface area contributed by atoms with E-state index in [4.69, 9.17) is 5.26 Å². The average Bonchev–Trinajstić information content (AvgIpc) is 3.38. The summed E-state index contributed by atoms with van der Waals surface area (Å²) in [6.45, 7) is 5.87. The fourth-order valence-corrected chi connectivity index (χ4v) is 3.13. The highest BCUT2D eigenvalue weighted by molar-refractivity contribution is 5.77.